The lowest BCUT2D eigenvalue weighted by Crippen LogP contribution is -2.52. The number of hydrogen-bond acceptors (Lipinski definition) is 3. The van der Waals surface area contributed by atoms with Crippen LogP contribution in [0.1, 0.15) is 12.8 Å². The molecule has 0 aromatic carbocycles. The van der Waals surface area contributed by atoms with Gasteiger partial charge >= 0.3 is 11.9 Å². The molecule has 6 nitrogen and oxygen atoms in total. The third kappa shape index (κ3) is 1.95. The normalized spacial score (nSPS) is 27.8. The Kier molecular flexibility index (Phi) is 2.50. The molecular weight excluding hydrogens is 178 g/mol. The van der Waals surface area contributed by atoms with Crippen molar-refractivity contribution < 1.29 is 24.6 Å². The molecule has 1 unspecified atom stereocenters. The van der Waals surface area contributed by atoms with E-state index in [1.54, 1.807) is 0 Å². The Morgan fingerprint density at radius 3 is 2.38 bits per heavy atom. The molecule has 2 atom stereocenters. The highest BCUT2D eigenvalue weighted by molar-refractivity contribution is 5.90. The minimum absolute atomic E-state index is 0.0702. The number of carboxylic acid groups (broad SMARTS) is 2. The number of piperidine rings is 1. The Hall–Kier alpha value is -1.59. The van der Waals surface area contributed by atoms with E-state index in [2.05, 4.69) is 5.32 Å². The summed E-state index contributed by atoms with van der Waals surface area (Å²) in [7, 11) is 0. The summed E-state index contributed by atoms with van der Waals surface area (Å²) in [5.41, 5.74) is 0. The lowest BCUT2D eigenvalue weighted by Gasteiger charge is -2.25. The predicted octanol–water partition coefficient (Wildman–Crippen LogP) is -0.950. The Bertz CT molecular complexity index is 262. The number of carboxylic acids is 2. The number of aliphatic carboxylic acids is 2. The molecule has 1 aliphatic rings. The van der Waals surface area contributed by atoms with Crippen LogP contribution in [0.2, 0.25) is 0 Å². The van der Waals surface area contributed by atoms with Gasteiger partial charge < -0.3 is 15.5 Å². The molecule has 0 aliphatic carbocycles. The minimum Gasteiger partial charge on any atom is -0.481 e. The van der Waals surface area contributed by atoms with E-state index in [9.17, 15) is 14.4 Å². The van der Waals surface area contributed by atoms with Crippen molar-refractivity contribution in [2.75, 3.05) is 0 Å². The van der Waals surface area contributed by atoms with Crippen LogP contribution in [0.3, 0.4) is 0 Å². The van der Waals surface area contributed by atoms with Gasteiger partial charge in [0.1, 0.15) is 6.04 Å². The molecule has 0 aromatic rings. The van der Waals surface area contributed by atoms with Crippen LogP contribution in [-0.2, 0) is 14.4 Å². The van der Waals surface area contributed by atoms with Gasteiger partial charge in [-0.25, -0.2) is 4.79 Å². The molecule has 0 spiro atoms. The highest BCUT2D eigenvalue weighted by Gasteiger charge is 2.38. The zero-order valence-corrected chi connectivity index (χ0v) is 6.69. The number of carbonyl (C=O) groups excluding carboxylic acids is 1. The van der Waals surface area contributed by atoms with Crippen molar-refractivity contribution in [2.45, 2.75) is 18.9 Å². The van der Waals surface area contributed by atoms with E-state index in [0.29, 0.717) is 0 Å². The van der Waals surface area contributed by atoms with Gasteiger partial charge in [0.05, 0.1) is 5.92 Å². The van der Waals surface area contributed by atoms with Crippen molar-refractivity contribution in [3.8, 4) is 0 Å². The molecule has 72 valence electrons. The highest BCUT2D eigenvalue weighted by Crippen LogP contribution is 2.17. The second-order valence-corrected chi connectivity index (χ2v) is 2.87. The monoisotopic (exact) mass is 187 g/mol. The van der Waals surface area contributed by atoms with E-state index in [4.69, 9.17) is 10.2 Å². The second kappa shape index (κ2) is 3.42. The van der Waals surface area contributed by atoms with Crippen molar-refractivity contribution in [1.29, 1.82) is 0 Å². The van der Waals surface area contributed by atoms with Gasteiger partial charge in [-0.15, -0.1) is 0 Å². The van der Waals surface area contributed by atoms with E-state index in [0.717, 1.165) is 0 Å². The van der Waals surface area contributed by atoms with Crippen LogP contribution in [0, 0.1) is 5.92 Å². The second-order valence-electron chi connectivity index (χ2n) is 2.87. The quantitative estimate of drug-likeness (QED) is 0.517. The summed E-state index contributed by atoms with van der Waals surface area (Å²) >= 11 is 0. The summed E-state index contributed by atoms with van der Waals surface area (Å²) in [5, 5.41) is 19.4. The molecule has 6 heteroatoms. The first-order valence-corrected chi connectivity index (χ1v) is 3.77. The first kappa shape index (κ1) is 9.50. The van der Waals surface area contributed by atoms with Gasteiger partial charge in [-0.05, 0) is 6.42 Å². The zero-order valence-electron chi connectivity index (χ0n) is 6.69. The molecule has 0 saturated carbocycles. The fourth-order valence-corrected chi connectivity index (χ4v) is 1.30. The molecular formula is C7H9NO5. The molecule has 0 bridgehead atoms. The van der Waals surface area contributed by atoms with Crippen LogP contribution < -0.4 is 5.32 Å². The fraction of sp³-hybridized carbons (Fsp3) is 0.571. The Labute approximate surface area is 73.5 Å². The van der Waals surface area contributed by atoms with Crippen LogP contribution in [-0.4, -0.2) is 34.1 Å². The summed E-state index contributed by atoms with van der Waals surface area (Å²) < 4.78 is 0. The third-order valence-corrected chi connectivity index (χ3v) is 1.98. The lowest BCUT2D eigenvalue weighted by atomic mass is 9.91. The molecule has 1 rings (SSSR count). The average molecular weight is 187 g/mol. The van der Waals surface area contributed by atoms with E-state index in [1.807, 2.05) is 0 Å². The maximum atomic E-state index is 10.8. The van der Waals surface area contributed by atoms with Gasteiger partial charge in [0.2, 0.25) is 5.91 Å². The van der Waals surface area contributed by atoms with E-state index >= 15 is 0 Å². The number of nitrogens with one attached hydrogen (secondary N) is 1. The summed E-state index contributed by atoms with van der Waals surface area (Å²) in [5.74, 6) is -3.92. The molecule has 13 heavy (non-hydrogen) atoms. The van der Waals surface area contributed by atoms with Gasteiger partial charge in [0, 0.05) is 6.42 Å². The smallest absolute Gasteiger partial charge is 0.327 e. The van der Waals surface area contributed by atoms with Gasteiger partial charge in [0.15, 0.2) is 0 Å². The number of amides is 1. The van der Waals surface area contributed by atoms with Crippen molar-refractivity contribution in [3.63, 3.8) is 0 Å². The summed E-state index contributed by atoms with van der Waals surface area (Å²) in [6.45, 7) is 0. The minimum atomic E-state index is -1.31. The highest BCUT2D eigenvalue weighted by atomic mass is 16.4. The molecule has 1 saturated heterocycles. The number of rotatable bonds is 2. The zero-order chi connectivity index (χ0) is 10.0. The van der Waals surface area contributed by atoms with Gasteiger partial charge in [-0.3, -0.25) is 9.59 Å². The summed E-state index contributed by atoms with van der Waals surface area (Å²) in [4.78, 5) is 31.9. The molecule has 0 aromatic heterocycles. The van der Waals surface area contributed by atoms with Crippen LogP contribution in [0.25, 0.3) is 0 Å². The van der Waals surface area contributed by atoms with Crippen LogP contribution >= 0.6 is 0 Å². The van der Waals surface area contributed by atoms with Crippen LogP contribution in [0.15, 0.2) is 0 Å². The summed E-state index contributed by atoms with van der Waals surface area (Å²) in [6.07, 6.45) is 0.152. The van der Waals surface area contributed by atoms with E-state index in [1.165, 1.54) is 0 Å². The third-order valence-electron chi connectivity index (χ3n) is 1.98. The first-order valence-electron chi connectivity index (χ1n) is 3.77. The van der Waals surface area contributed by atoms with Gasteiger partial charge in [-0.1, -0.05) is 0 Å². The van der Waals surface area contributed by atoms with Crippen molar-refractivity contribution in [1.82, 2.24) is 5.32 Å². The van der Waals surface area contributed by atoms with Crippen molar-refractivity contribution in [2.24, 2.45) is 5.92 Å². The Morgan fingerprint density at radius 1 is 1.31 bits per heavy atom. The van der Waals surface area contributed by atoms with E-state index < -0.39 is 29.8 Å². The molecule has 0 radical (unpaired) electrons. The summed E-state index contributed by atoms with van der Waals surface area (Å²) in [6, 6.07) is -1.29. The standard InChI is InChI=1S/C7H9NO5/c9-4-2-1-3(6(10)11)5(8-4)7(12)13/h3,5H,1-2H2,(H,8,9)(H,10,11)(H,12,13)/t3-,5?/m0/s1. The van der Waals surface area contributed by atoms with Crippen LogP contribution in [0.4, 0.5) is 0 Å². The topological polar surface area (TPSA) is 104 Å². The fourth-order valence-electron chi connectivity index (χ4n) is 1.30. The number of hydrogen-bond donors (Lipinski definition) is 3. The first-order chi connectivity index (χ1) is 6.02. The van der Waals surface area contributed by atoms with Gasteiger partial charge in [0.25, 0.3) is 0 Å². The lowest BCUT2D eigenvalue weighted by molar-refractivity contribution is -0.154. The maximum Gasteiger partial charge on any atom is 0.327 e. The average Bonchev–Trinajstić information content (AvgIpc) is 2.03. The maximum absolute atomic E-state index is 10.8. The van der Waals surface area contributed by atoms with E-state index in [-0.39, 0.29) is 12.8 Å². The predicted molar refractivity (Wildman–Crippen MR) is 39.9 cm³/mol. The molecule has 3 N–H and O–H groups in total. The van der Waals surface area contributed by atoms with Crippen LogP contribution in [0.5, 0.6) is 0 Å². The Morgan fingerprint density at radius 2 is 1.92 bits per heavy atom. The van der Waals surface area contributed by atoms with Gasteiger partial charge in [-0.2, -0.15) is 0 Å². The molecule has 1 amide bonds. The molecule has 1 fully saturated rings. The largest absolute Gasteiger partial charge is 0.481 e. The molecule has 1 aliphatic heterocycles. The molecule has 1 heterocycles. The number of carbonyl (C=O) groups is 3. The SMILES string of the molecule is O=C1CC[C@H](C(=O)O)C(C(=O)O)N1. The van der Waals surface area contributed by atoms with Crippen molar-refractivity contribution in [3.05, 3.63) is 0 Å². The van der Waals surface area contributed by atoms with Crippen molar-refractivity contribution >= 4 is 17.8 Å². The Balaban J connectivity index is 2.77.